The molecule has 0 spiro atoms. The van der Waals surface area contributed by atoms with Gasteiger partial charge in [0.2, 0.25) is 0 Å². The molecule has 112 valence electrons. The third kappa shape index (κ3) is 3.94. The fraction of sp³-hybridized carbons (Fsp3) is 0.765. The molecule has 0 radical (unpaired) electrons. The summed E-state index contributed by atoms with van der Waals surface area (Å²) in [6.45, 7) is 7.41. The Bertz CT molecular complexity index is 420. The molecule has 0 aliphatic heterocycles. The number of hydrogen-bond donors (Lipinski definition) is 1. The quantitative estimate of drug-likeness (QED) is 0.862. The minimum Gasteiger partial charge on any atom is -0.370 e. The average molecular weight is 275 g/mol. The molecule has 1 fully saturated rings. The maximum atomic E-state index is 4.84. The summed E-state index contributed by atoms with van der Waals surface area (Å²) in [6.07, 6.45) is 10.5. The molecular weight excluding hydrogens is 246 g/mol. The standard InChI is InChI=1S/C17H29N3/c1-4-12-18-16-13(2)14(3)19-17(20-16)15-10-8-6-5-7-9-11-15/h15H,4-12H2,1-3H3,(H,18,19,20). The van der Waals surface area contributed by atoms with Crippen molar-refractivity contribution in [3.63, 3.8) is 0 Å². The van der Waals surface area contributed by atoms with Crippen molar-refractivity contribution in [2.75, 3.05) is 11.9 Å². The second-order valence-electron chi connectivity index (χ2n) is 6.11. The Kier molecular flexibility index (Phi) is 5.81. The van der Waals surface area contributed by atoms with Crippen molar-refractivity contribution in [2.24, 2.45) is 0 Å². The monoisotopic (exact) mass is 275 g/mol. The summed E-state index contributed by atoms with van der Waals surface area (Å²) in [6, 6.07) is 0. The van der Waals surface area contributed by atoms with Crippen molar-refractivity contribution in [1.82, 2.24) is 9.97 Å². The zero-order valence-corrected chi connectivity index (χ0v) is 13.3. The highest BCUT2D eigenvalue weighted by atomic mass is 15.0. The molecule has 20 heavy (non-hydrogen) atoms. The van der Waals surface area contributed by atoms with Gasteiger partial charge in [-0.05, 0) is 33.1 Å². The predicted octanol–water partition coefficient (Wildman–Crippen LogP) is 4.74. The van der Waals surface area contributed by atoms with E-state index in [1.54, 1.807) is 0 Å². The van der Waals surface area contributed by atoms with Gasteiger partial charge in [-0.2, -0.15) is 0 Å². The second kappa shape index (κ2) is 7.61. The molecule has 1 aromatic heterocycles. The molecule has 0 amide bonds. The highest BCUT2D eigenvalue weighted by molar-refractivity contribution is 5.45. The van der Waals surface area contributed by atoms with Crippen molar-refractivity contribution < 1.29 is 0 Å². The van der Waals surface area contributed by atoms with E-state index in [-0.39, 0.29) is 0 Å². The topological polar surface area (TPSA) is 37.8 Å². The fourth-order valence-electron chi connectivity index (χ4n) is 2.96. The van der Waals surface area contributed by atoms with Gasteiger partial charge in [-0.15, -0.1) is 0 Å². The van der Waals surface area contributed by atoms with Gasteiger partial charge in [0.05, 0.1) is 0 Å². The molecule has 0 bridgehead atoms. The summed E-state index contributed by atoms with van der Waals surface area (Å²) >= 11 is 0. The van der Waals surface area contributed by atoms with Gasteiger partial charge >= 0.3 is 0 Å². The zero-order chi connectivity index (χ0) is 14.4. The molecule has 1 N–H and O–H groups in total. The Labute approximate surface area is 123 Å². The third-order valence-corrected chi connectivity index (χ3v) is 4.42. The Morgan fingerprint density at radius 3 is 2.30 bits per heavy atom. The van der Waals surface area contributed by atoms with Gasteiger partial charge in [0.1, 0.15) is 11.6 Å². The number of hydrogen-bond acceptors (Lipinski definition) is 3. The first-order chi connectivity index (χ1) is 9.72. The van der Waals surface area contributed by atoms with Crippen molar-refractivity contribution in [3.8, 4) is 0 Å². The minimum absolute atomic E-state index is 0.566. The molecular formula is C17H29N3. The van der Waals surface area contributed by atoms with Gasteiger partial charge in [-0.25, -0.2) is 9.97 Å². The number of nitrogens with one attached hydrogen (secondary N) is 1. The second-order valence-corrected chi connectivity index (χ2v) is 6.11. The highest BCUT2D eigenvalue weighted by Crippen LogP contribution is 2.30. The highest BCUT2D eigenvalue weighted by Gasteiger charge is 2.18. The van der Waals surface area contributed by atoms with Crippen LogP contribution in [0.15, 0.2) is 0 Å². The molecule has 0 atom stereocenters. The molecule has 3 heteroatoms. The van der Waals surface area contributed by atoms with E-state index < -0.39 is 0 Å². The molecule has 1 heterocycles. The predicted molar refractivity (Wildman–Crippen MR) is 85.3 cm³/mol. The fourth-order valence-corrected chi connectivity index (χ4v) is 2.96. The van der Waals surface area contributed by atoms with Gasteiger partial charge in [-0.3, -0.25) is 0 Å². The summed E-state index contributed by atoms with van der Waals surface area (Å²) in [5.74, 6) is 2.70. The number of aryl methyl sites for hydroxylation is 1. The van der Waals surface area contributed by atoms with E-state index in [9.17, 15) is 0 Å². The van der Waals surface area contributed by atoms with Crippen molar-refractivity contribution >= 4 is 5.82 Å². The Morgan fingerprint density at radius 1 is 1.00 bits per heavy atom. The number of aromatic nitrogens is 2. The average Bonchev–Trinajstić information content (AvgIpc) is 2.40. The smallest absolute Gasteiger partial charge is 0.134 e. The van der Waals surface area contributed by atoms with Gasteiger partial charge in [0.15, 0.2) is 0 Å². The van der Waals surface area contributed by atoms with E-state index in [4.69, 9.17) is 9.97 Å². The number of rotatable bonds is 4. The van der Waals surface area contributed by atoms with Crippen molar-refractivity contribution in [1.29, 1.82) is 0 Å². The molecule has 1 aliphatic rings. The van der Waals surface area contributed by atoms with Crippen LogP contribution in [-0.2, 0) is 0 Å². The van der Waals surface area contributed by atoms with Gasteiger partial charge in [-0.1, -0.05) is 39.0 Å². The first kappa shape index (κ1) is 15.3. The van der Waals surface area contributed by atoms with Crippen LogP contribution in [0.4, 0.5) is 5.82 Å². The molecule has 3 nitrogen and oxygen atoms in total. The Morgan fingerprint density at radius 2 is 1.65 bits per heavy atom. The van der Waals surface area contributed by atoms with Crippen LogP contribution in [0.5, 0.6) is 0 Å². The summed E-state index contributed by atoms with van der Waals surface area (Å²) in [4.78, 5) is 9.63. The molecule has 0 unspecified atom stereocenters. The van der Waals surface area contributed by atoms with Crippen molar-refractivity contribution in [3.05, 3.63) is 17.1 Å². The summed E-state index contributed by atoms with van der Waals surface area (Å²) in [5, 5.41) is 3.46. The van der Waals surface area contributed by atoms with E-state index in [1.165, 1.54) is 50.5 Å². The molecule has 1 aromatic rings. The van der Waals surface area contributed by atoms with E-state index in [0.29, 0.717) is 5.92 Å². The van der Waals surface area contributed by atoms with Crippen molar-refractivity contribution in [2.45, 2.75) is 78.1 Å². The van der Waals surface area contributed by atoms with Gasteiger partial charge in [0.25, 0.3) is 0 Å². The van der Waals surface area contributed by atoms with E-state index in [2.05, 4.69) is 26.1 Å². The molecule has 1 aliphatic carbocycles. The van der Waals surface area contributed by atoms with Crippen LogP contribution >= 0.6 is 0 Å². The van der Waals surface area contributed by atoms with Gasteiger partial charge in [0, 0.05) is 23.7 Å². The zero-order valence-electron chi connectivity index (χ0n) is 13.3. The largest absolute Gasteiger partial charge is 0.370 e. The van der Waals surface area contributed by atoms with Gasteiger partial charge < -0.3 is 5.32 Å². The lowest BCUT2D eigenvalue weighted by molar-refractivity contribution is 0.442. The van der Waals surface area contributed by atoms with Crippen LogP contribution in [0.25, 0.3) is 0 Å². The third-order valence-electron chi connectivity index (χ3n) is 4.42. The first-order valence-electron chi connectivity index (χ1n) is 8.31. The Hall–Kier alpha value is -1.12. The summed E-state index contributed by atoms with van der Waals surface area (Å²) < 4.78 is 0. The van der Waals surface area contributed by atoms with Crippen LogP contribution in [0.1, 0.15) is 81.3 Å². The Balaban J connectivity index is 2.18. The lowest BCUT2D eigenvalue weighted by atomic mass is 9.90. The van der Waals surface area contributed by atoms with Crippen LogP contribution < -0.4 is 5.32 Å². The van der Waals surface area contributed by atoms with E-state index >= 15 is 0 Å². The number of nitrogens with zero attached hydrogens (tertiary/aromatic N) is 2. The molecule has 0 aromatic carbocycles. The lowest BCUT2D eigenvalue weighted by Crippen LogP contribution is -2.13. The lowest BCUT2D eigenvalue weighted by Gasteiger charge is -2.20. The van der Waals surface area contributed by atoms with Crippen LogP contribution in [0.2, 0.25) is 0 Å². The normalized spacial score (nSPS) is 17.6. The molecule has 0 saturated heterocycles. The maximum absolute atomic E-state index is 4.84. The summed E-state index contributed by atoms with van der Waals surface area (Å²) in [5.41, 5.74) is 2.34. The first-order valence-corrected chi connectivity index (χ1v) is 8.31. The van der Waals surface area contributed by atoms with Crippen LogP contribution in [-0.4, -0.2) is 16.5 Å². The van der Waals surface area contributed by atoms with E-state index in [1.807, 2.05) is 0 Å². The molecule has 1 saturated carbocycles. The van der Waals surface area contributed by atoms with Crippen LogP contribution in [0.3, 0.4) is 0 Å². The minimum atomic E-state index is 0.566. The molecule has 2 rings (SSSR count). The SMILES string of the molecule is CCCNc1nc(C2CCCCCCC2)nc(C)c1C. The number of anilines is 1. The summed E-state index contributed by atoms with van der Waals surface area (Å²) in [7, 11) is 0. The van der Waals surface area contributed by atoms with Crippen LogP contribution in [0, 0.1) is 13.8 Å². The van der Waals surface area contributed by atoms with E-state index in [0.717, 1.165) is 30.3 Å². The maximum Gasteiger partial charge on any atom is 0.134 e.